The molecule has 0 spiro atoms. The van der Waals surface area contributed by atoms with Crippen molar-refractivity contribution < 1.29 is 9.18 Å². The lowest BCUT2D eigenvalue weighted by Crippen LogP contribution is -2.14. The molecule has 0 bridgehead atoms. The first-order valence-corrected chi connectivity index (χ1v) is 6.85. The Morgan fingerprint density at radius 1 is 1.29 bits per heavy atom. The summed E-state index contributed by atoms with van der Waals surface area (Å²) >= 11 is 11.8. The molecule has 5 heteroatoms. The zero-order valence-electron chi connectivity index (χ0n) is 11.0. The number of carbonyl (C=O) groups excluding carboxylic acids is 1. The molecule has 1 unspecified atom stereocenters. The van der Waals surface area contributed by atoms with Crippen molar-refractivity contribution in [2.24, 2.45) is 0 Å². The van der Waals surface area contributed by atoms with E-state index in [1.54, 1.807) is 19.1 Å². The lowest BCUT2D eigenvalue weighted by Gasteiger charge is -2.13. The molecule has 106 valence electrons. The van der Waals surface area contributed by atoms with Gasteiger partial charge in [-0.05, 0) is 36.8 Å². The summed E-state index contributed by atoms with van der Waals surface area (Å²) in [6.45, 7) is 1.72. The van der Waals surface area contributed by atoms with Gasteiger partial charge in [-0.2, -0.15) is 5.26 Å². The fraction of sp³-hybridized carbons (Fsp3) is 0.125. The maximum atomic E-state index is 13.9. The molecule has 0 radical (unpaired) electrons. The van der Waals surface area contributed by atoms with Crippen LogP contribution in [0.2, 0.25) is 10.0 Å². The van der Waals surface area contributed by atoms with E-state index in [1.165, 1.54) is 24.3 Å². The monoisotopic (exact) mass is 321 g/mol. The Balaban J connectivity index is 2.55. The van der Waals surface area contributed by atoms with Crippen LogP contribution in [0.25, 0.3) is 0 Å². The van der Waals surface area contributed by atoms with E-state index in [-0.39, 0.29) is 16.1 Å². The summed E-state index contributed by atoms with van der Waals surface area (Å²) in [6, 6.07) is 10.7. The van der Waals surface area contributed by atoms with Gasteiger partial charge in [-0.25, -0.2) is 4.39 Å². The zero-order valence-corrected chi connectivity index (χ0v) is 12.5. The SMILES string of the molecule is Cc1ccc(Cl)cc1C(=O)C(C#N)c1c(F)cccc1Cl. The van der Waals surface area contributed by atoms with Gasteiger partial charge in [0.1, 0.15) is 11.7 Å². The molecule has 1 atom stereocenters. The van der Waals surface area contributed by atoms with Gasteiger partial charge in [0.2, 0.25) is 0 Å². The normalized spacial score (nSPS) is 11.8. The molecule has 0 aromatic heterocycles. The van der Waals surface area contributed by atoms with Crippen molar-refractivity contribution >= 4 is 29.0 Å². The molecule has 0 aliphatic rings. The van der Waals surface area contributed by atoms with Gasteiger partial charge in [-0.15, -0.1) is 0 Å². The minimum Gasteiger partial charge on any atom is -0.292 e. The molecular formula is C16H10Cl2FNO. The van der Waals surface area contributed by atoms with Crippen LogP contribution in [-0.4, -0.2) is 5.78 Å². The van der Waals surface area contributed by atoms with Crippen LogP contribution in [0.15, 0.2) is 36.4 Å². The first-order valence-electron chi connectivity index (χ1n) is 6.09. The molecule has 0 heterocycles. The lowest BCUT2D eigenvalue weighted by molar-refractivity contribution is 0.0977. The number of carbonyl (C=O) groups is 1. The van der Waals surface area contributed by atoms with E-state index < -0.39 is 17.5 Å². The molecule has 0 fully saturated rings. The third-order valence-electron chi connectivity index (χ3n) is 3.14. The van der Waals surface area contributed by atoms with E-state index in [1.807, 2.05) is 6.07 Å². The number of ketones is 1. The van der Waals surface area contributed by atoms with Crippen LogP contribution in [0, 0.1) is 24.1 Å². The average Bonchev–Trinajstić information content (AvgIpc) is 2.45. The number of rotatable bonds is 3. The molecule has 0 aliphatic heterocycles. The van der Waals surface area contributed by atoms with Gasteiger partial charge in [0.05, 0.1) is 6.07 Å². The second-order valence-corrected chi connectivity index (χ2v) is 5.36. The maximum absolute atomic E-state index is 13.9. The minimum absolute atomic E-state index is 0.0505. The number of hydrogen-bond acceptors (Lipinski definition) is 2. The number of hydrogen-bond donors (Lipinski definition) is 0. The molecule has 0 N–H and O–H groups in total. The van der Waals surface area contributed by atoms with Gasteiger partial charge in [0.25, 0.3) is 0 Å². The van der Waals surface area contributed by atoms with E-state index in [9.17, 15) is 14.4 Å². The number of halogens is 3. The van der Waals surface area contributed by atoms with Crippen molar-refractivity contribution in [3.05, 3.63) is 69.0 Å². The fourth-order valence-electron chi connectivity index (χ4n) is 2.06. The van der Waals surface area contributed by atoms with E-state index in [4.69, 9.17) is 23.2 Å². The topological polar surface area (TPSA) is 40.9 Å². The number of benzene rings is 2. The Bertz CT molecular complexity index is 732. The first kappa shape index (κ1) is 15.5. The summed E-state index contributed by atoms with van der Waals surface area (Å²) in [4.78, 5) is 12.5. The minimum atomic E-state index is -1.31. The van der Waals surface area contributed by atoms with Gasteiger partial charge >= 0.3 is 0 Å². The quantitative estimate of drug-likeness (QED) is 0.752. The van der Waals surface area contributed by atoms with Crippen molar-refractivity contribution in [3.63, 3.8) is 0 Å². The standard InChI is InChI=1S/C16H10Cl2FNO/c1-9-5-6-10(17)7-11(9)16(21)12(8-20)15-13(18)3-2-4-14(15)19/h2-7,12H,1H3. The van der Waals surface area contributed by atoms with Gasteiger partial charge in [-0.3, -0.25) is 4.79 Å². The van der Waals surface area contributed by atoms with Gasteiger partial charge in [0.15, 0.2) is 5.78 Å². The summed E-state index contributed by atoms with van der Waals surface area (Å²) in [7, 11) is 0. The van der Waals surface area contributed by atoms with Crippen molar-refractivity contribution in [2.45, 2.75) is 12.8 Å². The third kappa shape index (κ3) is 3.07. The third-order valence-corrected chi connectivity index (χ3v) is 3.71. The molecule has 2 aromatic carbocycles. The van der Waals surface area contributed by atoms with Crippen LogP contribution >= 0.6 is 23.2 Å². The van der Waals surface area contributed by atoms with Crippen molar-refractivity contribution in [1.29, 1.82) is 5.26 Å². The highest BCUT2D eigenvalue weighted by molar-refractivity contribution is 6.32. The molecule has 0 saturated heterocycles. The van der Waals surface area contributed by atoms with E-state index in [0.717, 1.165) is 0 Å². The summed E-state index contributed by atoms with van der Waals surface area (Å²) in [5.41, 5.74) is 0.844. The summed E-state index contributed by atoms with van der Waals surface area (Å²) < 4.78 is 13.9. The number of nitrogens with zero attached hydrogens (tertiary/aromatic N) is 1. The predicted molar refractivity (Wildman–Crippen MR) is 80.3 cm³/mol. The molecule has 21 heavy (non-hydrogen) atoms. The second-order valence-electron chi connectivity index (χ2n) is 4.52. The highest BCUT2D eigenvalue weighted by Gasteiger charge is 2.28. The van der Waals surface area contributed by atoms with Crippen LogP contribution in [0.3, 0.4) is 0 Å². The summed E-state index contributed by atoms with van der Waals surface area (Å²) in [6.07, 6.45) is 0. The van der Waals surface area contributed by atoms with Crippen LogP contribution < -0.4 is 0 Å². The van der Waals surface area contributed by atoms with Crippen molar-refractivity contribution in [3.8, 4) is 6.07 Å². The molecule has 2 nitrogen and oxygen atoms in total. The van der Waals surface area contributed by atoms with Crippen LogP contribution in [-0.2, 0) is 0 Å². The Morgan fingerprint density at radius 2 is 2.00 bits per heavy atom. The smallest absolute Gasteiger partial charge is 0.184 e. The van der Waals surface area contributed by atoms with Crippen LogP contribution in [0.5, 0.6) is 0 Å². The largest absolute Gasteiger partial charge is 0.292 e. The fourth-order valence-corrected chi connectivity index (χ4v) is 2.50. The number of Topliss-reactive ketones (excluding diaryl/α,β-unsaturated/α-hetero) is 1. The van der Waals surface area contributed by atoms with Gasteiger partial charge < -0.3 is 0 Å². The molecule has 2 aromatic rings. The van der Waals surface area contributed by atoms with Gasteiger partial charge in [-0.1, -0.05) is 35.3 Å². The second kappa shape index (κ2) is 6.26. The Morgan fingerprint density at radius 3 is 2.62 bits per heavy atom. The average molecular weight is 322 g/mol. The highest BCUT2D eigenvalue weighted by atomic mass is 35.5. The molecular weight excluding hydrogens is 312 g/mol. The van der Waals surface area contributed by atoms with E-state index in [2.05, 4.69) is 0 Å². The van der Waals surface area contributed by atoms with Crippen LogP contribution in [0.1, 0.15) is 27.4 Å². The molecule has 0 saturated carbocycles. The molecule has 0 aliphatic carbocycles. The summed E-state index contributed by atoms with van der Waals surface area (Å²) in [5, 5.41) is 9.72. The number of nitriles is 1. The molecule has 0 amide bonds. The van der Waals surface area contributed by atoms with Gasteiger partial charge in [0, 0.05) is 21.2 Å². The highest BCUT2D eigenvalue weighted by Crippen LogP contribution is 2.31. The molecule has 2 rings (SSSR count). The Kier molecular flexibility index (Phi) is 4.62. The number of aryl methyl sites for hydroxylation is 1. The Labute approximate surface area is 131 Å². The van der Waals surface area contributed by atoms with Crippen molar-refractivity contribution in [2.75, 3.05) is 0 Å². The van der Waals surface area contributed by atoms with Crippen LogP contribution in [0.4, 0.5) is 4.39 Å². The lowest BCUT2D eigenvalue weighted by atomic mass is 9.89. The van der Waals surface area contributed by atoms with Crippen molar-refractivity contribution in [1.82, 2.24) is 0 Å². The predicted octanol–water partition coefficient (Wildman–Crippen LogP) is 4.93. The Hall–Kier alpha value is -1.89. The zero-order chi connectivity index (χ0) is 15.6. The maximum Gasteiger partial charge on any atom is 0.184 e. The van der Waals surface area contributed by atoms with E-state index in [0.29, 0.717) is 10.6 Å². The first-order chi connectivity index (χ1) is 9.95. The van der Waals surface area contributed by atoms with E-state index >= 15 is 0 Å². The summed E-state index contributed by atoms with van der Waals surface area (Å²) in [5.74, 6) is -2.51.